The van der Waals surface area contributed by atoms with Crippen LogP contribution in [0.2, 0.25) is 0 Å². The highest BCUT2D eigenvalue weighted by atomic mass is 16.7. The second-order valence-corrected chi connectivity index (χ2v) is 4.77. The molecule has 2 N–H and O–H groups in total. The van der Waals surface area contributed by atoms with Gasteiger partial charge in [0, 0.05) is 13.3 Å². The minimum Gasteiger partial charge on any atom is -0.425 e. The topological polar surface area (TPSA) is 78.6 Å². The van der Waals surface area contributed by atoms with Crippen LogP contribution in [0.15, 0.2) is 0 Å². The Kier molecular flexibility index (Phi) is 6.12. The van der Waals surface area contributed by atoms with Gasteiger partial charge in [0.15, 0.2) is 0 Å². The van der Waals surface area contributed by atoms with Crippen LogP contribution < -0.4 is 5.73 Å². The van der Waals surface area contributed by atoms with Gasteiger partial charge in [-0.3, -0.25) is 9.59 Å². The van der Waals surface area contributed by atoms with Gasteiger partial charge in [0.25, 0.3) is 0 Å². The largest absolute Gasteiger partial charge is 0.425 e. The molecule has 2 unspecified atom stereocenters. The number of hydrogen-bond acceptors (Lipinski definition) is 5. The molecule has 1 aliphatic carbocycles. The third-order valence-electron chi connectivity index (χ3n) is 3.30. The van der Waals surface area contributed by atoms with Crippen LogP contribution in [0, 0.1) is 5.92 Å². The van der Waals surface area contributed by atoms with Gasteiger partial charge in [-0.25, -0.2) is 0 Å². The quantitative estimate of drug-likeness (QED) is 0.599. The number of nitrogens with two attached hydrogens (primary N) is 1. The number of hydrogen-bond donors (Lipinski definition) is 1. The van der Waals surface area contributed by atoms with E-state index in [1.54, 1.807) is 6.92 Å². The fraction of sp³-hybridized carbons (Fsp3) is 0.846. The van der Waals surface area contributed by atoms with Crippen LogP contribution in [0.25, 0.3) is 0 Å². The predicted molar refractivity (Wildman–Crippen MR) is 66.5 cm³/mol. The molecule has 0 amide bonds. The van der Waals surface area contributed by atoms with E-state index in [9.17, 15) is 9.59 Å². The lowest BCUT2D eigenvalue weighted by atomic mass is 9.84. The Balaban J connectivity index is 2.36. The molecule has 0 bridgehead atoms. The minimum atomic E-state index is -0.861. The lowest BCUT2D eigenvalue weighted by Gasteiger charge is -2.26. The first-order valence-corrected chi connectivity index (χ1v) is 6.70. The molecule has 0 spiro atoms. The highest BCUT2D eigenvalue weighted by molar-refractivity contribution is 5.76. The van der Waals surface area contributed by atoms with E-state index in [1.807, 2.05) is 0 Å². The van der Waals surface area contributed by atoms with Crippen LogP contribution >= 0.6 is 0 Å². The molecule has 18 heavy (non-hydrogen) atoms. The molecule has 1 saturated carbocycles. The van der Waals surface area contributed by atoms with E-state index in [0.717, 1.165) is 25.7 Å². The van der Waals surface area contributed by atoms with Crippen LogP contribution in [0.5, 0.6) is 0 Å². The molecule has 2 atom stereocenters. The molecular weight excluding hydrogens is 234 g/mol. The minimum absolute atomic E-state index is 0.195. The summed E-state index contributed by atoms with van der Waals surface area (Å²) in [6, 6.07) is -0.604. The van der Waals surface area contributed by atoms with Crippen molar-refractivity contribution in [2.75, 3.05) is 0 Å². The van der Waals surface area contributed by atoms with Crippen LogP contribution in [-0.4, -0.2) is 24.3 Å². The van der Waals surface area contributed by atoms with Gasteiger partial charge < -0.3 is 15.2 Å². The zero-order chi connectivity index (χ0) is 13.5. The molecule has 1 aliphatic rings. The molecule has 0 radical (unpaired) electrons. The lowest BCUT2D eigenvalue weighted by Crippen LogP contribution is -2.42. The van der Waals surface area contributed by atoms with Gasteiger partial charge in [-0.2, -0.15) is 0 Å². The SMILES string of the molecule is CCC(=O)OC(C)OC(=O)C(N)C1CCCCC1. The molecule has 0 aromatic heterocycles. The summed E-state index contributed by atoms with van der Waals surface area (Å²) in [6.45, 7) is 3.21. The van der Waals surface area contributed by atoms with E-state index < -0.39 is 18.3 Å². The van der Waals surface area contributed by atoms with Crippen molar-refractivity contribution in [1.29, 1.82) is 0 Å². The summed E-state index contributed by atoms with van der Waals surface area (Å²) in [5.74, 6) is -0.667. The van der Waals surface area contributed by atoms with E-state index in [-0.39, 0.29) is 18.3 Å². The molecule has 1 fully saturated rings. The molecule has 5 nitrogen and oxygen atoms in total. The third kappa shape index (κ3) is 4.64. The smallest absolute Gasteiger partial charge is 0.326 e. The monoisotopic (exact) mass is 257 g/mol. The van der Waals surface area contributed by atoms with E-state index in [1.165, 1.54) is 13.3 Å². The van der Waals surface area contributed by atoms with Crippen molar-refractivity contribution in [2.24, 2.45) is 11.7 Å². The molecule has 0 aromatic carbocycles. The van der Waals surface area contributed by atoms with E-state index in [4.69, 9.17) is 15.2 Å². The van der Waals surface area contributed by atoms with Crippen molar-refractivity contribution in [2.45, 2.75) is 64.7 Å². The summed E-state index contributed by atoms with van der Waals surface area (Å²) >= 11 is 0. The number of carbonyl (C=O) groups is 2. The molecule has 0 aromatic rings. The summed E-state index contributed by atoms with van der Waals surface area (Å²) in [5, 5.41) is 0. The van der Waals surface area contributed by atoms with Crippen molar-refractivity contribution >= 4 is 11.9 Å². The van der Waals surface area contributed by atoms with Gasteiger partial charge in [0.05, 0.1) is 0 Å². The van der Waals surface area contributed by atoms with Crippen molar-refractivity contribution in [3.63, 3.8) is 0 Å². The maximum absolute atomic E-state index is 11.8. The molecule has 0 heterocycles. The Bertz CT molecular complexity index is 287. The van der Waals surface area contributed by atoms with Gasteiger partial charge in [0.2, 0.25) is 6.29 Å². The molecule has 1 rings (SSSR count). The number of carbonyl (C=O) groups excluding carboxylic acids is 2. The number of esters is 2. The van der Waals surface area contributed by atoms with Gasteiger partial charge in [-0.15, -0.1) is 0 Å². The number of ether oxygens (including phenoxy) is 2. The Morgan fingerprint density at radius 3 is 2.39 bits per heavy atom. The Morgan fingerprint density at radius 1 is 1.22 bits per heavy atom. The molecule has 0 saturated heterocycles. The highest BCUT2D eigenvalue weighted by Crippen LogP contribution is 2.26. The molecule has 104 valence electrons. The summed E-state index contributed by atoms with van der Waals surface area (Å²) < 4.78 is 9.90. The molecule has 5 heteroatoms. The van der Waals surface area contributed by atoms with E-state index in [2.05, 4.69) is 0 Å². The Hall–Kier alpha value is -1.10. The first kappa shape index (κ1) is 15.0. The summed E-state index contributed by atoms with van der Waals surface area (Å²) in [7, 11) is 0. The zero-order valence-corrected chi connectivity index (χ0v) is 11.2. The molecule has 0 aliphatic heterocycles. The van der Waals surface area contributed by atoms with Gasteiger partial charge in [0.1, 0.15) is 6.04 Å². The van der Waals surface area contributed by atoms with Crippen molar-refractivity contribution in [3.8, 4) is 0 Å². The normalized spacial score (nSPS) is 19.9. The predicted octanol–water partition coefficient (Wildman–Crippen LogP) is 1.74. The maximum Gasteiger partial charge on any atom is 0.326 e. The lowest BCUT2D eigenvalue weighted by molar-refractivity contribution is -0.186. The van der Waals surface area contributed by atoms with Crippen LogP contribution in [0.4, 0.5) is 0 Å². The fourth-order valence-electron chi connectivity index (χ4n) is 2.22. The Labute approximate surface area is 108 Å². The average molecular weight is 257 g/mol. The second kappa shape index (κ2) is 7.36. The van der Waals surface area contributed by atoms with Gasteiger partial charge in [-0.05, 0) is 18.8 Å². The van der Waals surface area contributed by atoms with Crippen LogP contribution in [0.1, 0.15) is 52.4 Å². The Morgan fingerprint density at radius 2 is 1.83 bits per heavy atom. The maximum atomic E-state index is 11.8. The van der Waals surface area contributed by atoms with E-state index >= 15 is 0 Å². The van der Waals surface area contributed by atoms with Crippen LogP contribution in [0.3, 0.4) is 0 Å². The first-order chi connectivity index (χ1) is 8.54. The second-order valence-electron chi connectivity index (χ2n) is 4.77. The van der Waals surface area contributed by atoms with Gasteiger partial charge >= 0.3 is 11.9 Å². The standard InChI is InChI=1S/C13H23NO4/c1-3-11(15)17-9(2)18-13(16)12(14)10-7-5-4-6-8-10/h9-10,12H,3-8,14H2,1-2H3. The first-order valence-electron chi connectivity index (χ1n) is 6.70. The number of rotatable bonds is 5. The summed E-state index contributed by atoms with van der Waals surface area (Å²) in [6.07, 6.45) is 4.79. The third-order valence-corrected chi connectivity index (χ3v) is 3.30. The van der Waals surface area contributed by atoms with Crippen LogP contribution in [-0.2, 0) is 19.1 Å². The van der Waals surface area contributed by atoms with Crippen molar-refractivity contribution in [3.05, 3.63) is 0 Å². The zero-order valence-electron chi connectivity index (χ0n) is 11.2. The highest BCUT2D eigenvalue weighted by Gasteiger charge is 2.28. The average Bonchev–Trinajstić information content (AvgIpc) is 2.38. The van der Waals surface area contributed by atoms with Crippen molar-refractivity contribution in [1.82, 2.24) is 0 Å². The van der Waals surface area contributed by atoms with E-state index in [0.29, 0.717) is 0 Å². The van der Waals surface area contributed by atoms with Crippen molar-refractivity contribution < 1.29 is 19.1 Å². The molecular formula is C13H23NO4. The fourth-order valence-corrected chi connectivity index (χ4v) is 2.22. The van der Waals surface area contributed by atoms with Gasteiger partial charge in [-0.1, -0.05) is 26.2 Å². The summed E-state index contributed by atoms with van der Waals surface area (Å²) in [5.41, 5.74) is 5.89. The summed E-state index contributed by atoms with van der Waals surface area (Å²) in [4.78, 5) is 22.8.